The Morgan fingerprint density at radius 2 is 1.80 bits per heavy atom. The smallest absolute Gasteiger partial charge is 0.00669 e. The fourth-order valence-corrected chi connectivity index (χ4v) is 2.01. The maximum absolute atomic E-state index is 3.69. The summed E-state index contributed by atoms with van der Waals surface area (Å²) < 4.78 is 0. The van der Waals surface area contributed by atoms with Crippen molar-refractivity contribution in [3.63, 3.8) is 0 Å². The van der Waals surface area contributed by atoms with Crippen LogP contribution in [-0.4, -0.2) is 24.1 Å². The molecule has 0 radical (unpaired) electrons. The van der Waals surface area contributed by atoms with E-state index in [0.717, 1.165) is 17.2 Å². The molecule has 0 heterocycles. The van der Waals surface area contributed by atoms with Gasteiger partial charge in [0, 0.05) is 11.3 Å². The molecule has 0 fully saturated rings. The van der Waals surface area contributed by atoms with E-state index in [-0.39, 0.29) is 0 Å². The quantitative estimate of drug-likeness (QED) is 0.645. The normalized spacial score (nSPS) is 17.4. The fraction of sp³-hybridized carbons (Fsp3) is 1.00. The third-order valence-electron chi connectivity index (χ3n) is 3.26. The van der Waals surface area contributed by atoms with Crippen molar-refractivity contribution < 1.29 is 0 Å². The van der Waals surface area contributed by atoms with E-state index in [0.29, 0.717) is 0 Å². The lowest BCUT2D eigenvalue weighted by Gasteiger charge is -2.21. The van der Waals surface area contributed by atoms with E-state index in [1.807, 2.05) is 11.8 Å². The van der Waals surface area contributed by atoms with Crippen molar-refractivity contribution in [2.75, 3.05) is 12.8 Å². The summed E-state index contributed by atoms with van der Waals surface area (Å²) >= 11 is 1.96. The SMILES string of the molecule is CCC(C)CC(CC)NCCC(C)SC. The molecule has 0 aromatic rings. The largest absolute Gasteiger partial charge is 0.314 e. The van der Waals surface area contributed by atoms with Gasteiger partial charge in [-0.15, -0.1) is 0 Å². The molecule has 3 unspecified atom stereocenters. The minimum atomic E-state index is 0.731. The second-order valence-corrected chi connectivity index (χ2v) is 5.92. The molecule has 0 rings (SSSR count). The van der Waals surface area contributed by atoms with Gasteiger partial charge in [-0.1, -0.05) is 34.1 Å². The van der Waals surface area contributed by atoms with Crippen molar-refractivity contribution in [3.8, 4) is 0 Å². The van der Waals surface area contributed by atoms with Crippen LogP contribution < -0.4 is 5.32 Å². The maximum Gasteiger partial charge on any atom is 0.00669 e. The van der Waals surface area contributed by atoms with Crippen LogP contribution in [0.5, 0.6) is 0 Å². The standard InChI is InChI=1S/C13H29NS/c1-6-11(3)10-13(7-2)14-9-8-12(4)15-5/h11-14H,6-10H2,1-5H3. The number of hydrogen-bond acceptors (Lipinski definition) is 2. The molecule has 0 aromatic carbocycles. The maximum atomic E-state index is 3.69. The Hall–Kier alpha value is 0.310. The van der Waals surface area contributed by atoms with Gasteiger partial charge in [-0.25, -0.2) is 0 Å². The molecule has 1 nitrogen and oxygen atoms in total. The van der Waals surface area contributed by atoms with Crippen molar-refractivity contribution >= 4 is 11.8 Å². The Bertz CT molecular complexity index is 138. The molecule has 1 N–H and O–H groups in total. The Balaban J connectivity index is 3.61. The molecule has 2 heteroatoms. The van der Waals surface area contributed by atoms with Crippen molar-refractivity contribution in [2.45, 2.75) is 64.7 Å². The van der Waals surface area contributed by atoms with Gasteiger partial charge in [0.1, 0.15) is 0 Å². The lowest BCUT2D eigenvalue weighted by Crippen LogP contribution is -2.31. The van der Waals surface area contributed by atoms with Gasteiger partial charge in [0.15, 0.2) is 0 Å². The molecule has 0 aliphatic carbocycles. The zero-order valence-electron chi connectivity index (χ0n) is 11.2. The first-order chi connectivity index (χ1) is 7.13. The van der Waals surface area contributed by atoms with Crippen LogP contribution in [0.1, 0.15) is 53.4 Å². The number of nitrogens with one attached hydrogen (secondary N) is 1. The van der Waals surface area contributed by atoms with Crippen molar-refractivity contribution in [1.82, 2.24) is 5.32 Å². The van der Waals surface area contributed by atoms with Gasteiger partial charge in [-0.3, -0.25) is 0 Å². The van der Waals surface area contributed by atoms with Crippen LogP contribution in [0.2, 0.25) is 0 Å². The Labute approximate surface area is 101 Å². The van der Waals surface area contributed by atoms with Crippen molar-refractivity contribution in [1.29, 1.82) is 0 Å². The van der Waals surface area contributed by atoms with E-state index in [9.17, 15) is 0 Å². The molecule has 0 aliphatic rings. The summed E-state index contributed by atoms with van der Waals surface area (Å²) in [5.41, 5.74) is 0. The summed E-state index contributed by atoms with van der Waals surface area (Å²) in [7, 11) is 0. The lowest BCUT2D eigenvalue weighted by molar-refractivity contribution is 0.384. The minimum absolute atomic E-state index is 0.731. The molecule has 0 saturated heterocycles. The van der Waals surface area contributed by atoms with Crippen molar-refractivity contribution in [2.24, 2.45) is 5.92 Å². The van der Waals surface area contributed by atoms with Crippen LogP contribution in [0.15, 0.2) is 0 Å². The summed E-state index contributed by atoms with van der Waals surface area (Å²) in [6.45, 7) is 10.4. The number of hydrogen-bond donors (Lipinski definition) is 1. The van der Waals surface area contributed by atoms with Crippen LogP contribution in [0.3, 0.4) is 0 Å². The predicted molar refractivity (Wildman–Crippen MR) is 73.7 cm³/mol. The molecule has 92 valence electrons. The monoisotopic (exact) mass is 231 g/mol. The van der Waals surface area contributed by atoms with Gasteiger partial charge < -0.3 is 5.32 Å². The van der Waals surface area contributed by atoms with Gasteiger partial charge in [0.05, 0.1) is 0 Å². The third-order valence-corrected chi connectivity index (χ3v) is 4.30. The van der Waals surface area contributed by atoms with E-state index in [1.54, 1.807) is 0 Å². The summed E-state index contributed by atoms with van der Waals surface area (Å²) in [6, 6.07) is 0.731. The first-order valence-corrected chi connectivity index (χ1v) is 7.68. The average molecular weight is 231 g/mol. The third kappa shape index (κ3) is 8.15. The second kappa shape index (κ2) is 9.53. The minimum Gasteiger partial charge on any atom is -0.314 e. The Kier molecular flexibility index (Phi) is 9.73. The summed E-state index contributed by atoms with van der Waals surface area (Å²) in [4.78, 5) is 0. The zero-order valence-corrected chi connectivity index (χ0v) is 12.0. The number of thioether (sulfide) groups is 1. The van der Waals surface area contributed by atoms with Crippen LogP contribution in [0.4, 0.5) is 0 Å². The van der Waals surface area contributed by atoms with Gasteiger partial charge >= 0.3 is 0 Å². The van der Waals surface area contributed by atoms with Crippen molar-refractivity contribution in [3.05, 3.63) is 0 Å². The topological polar surface area (TPSA) is 12.0 Å². The molecule has 0 aromatic heterocycles. The molecule has 0 saturated carbocycles. The van der Waals surface area contributed by atoms with Gasteiger partial charge in [0.25, 0.3) is 0 Å². The molecule has 0 aliphatic heterocycles. The summed E-state index contributed by atoms with van der Waals surface area (Å²) in [6.07, 6.45) is 7.39. The first-order valence-electron chi connectivity index (χ1n) is 6.40. The highest BCUT2D eigenvalue weighted by Gasteiger charge is 2.09. The molecule has 0 bridgehead atoms. The number of rotatable bonds is 9. The van der Waals surface area contributed by atoms with Crippen LogP contribution >= 0.6 is 11.8 Å². The molecule has 0 amide bonds. The highest BCUT2D eigenvalue weighted by atomic mass is 32.2. The highest BCUT2D eigenvalue weighted by molar-refractivity contribution is 7.99. The van der Waals surface area contributed by atoms with Gasteiger partial charge in [0.2, 0.25) is 0 Å². The molecule has 3 atom stereocenters. The van der Waals surface area contributed by atoms with E-state index < -0.39 is 0 Å². The Morgan fingerprint density at radius 3 is 2.27 bits per heavy atom. The van der Waals surface area contributed by atoms with Gasteiger partial charge in [-0.2, -0.15) is 11.8 Å². The van der Waals surface area contributed by atoms with E-state index in [2.05, 4.69) is 39.3 Å². The molecular formula is C13H29NS. The highest BCUT2D eigenvalue weighted by Crippen LogP contribution is 2.13. The predicted octanol–water partition coefficient (Wildman–Crippen LogP) is 3.93. The molecular weight excluding hydrogens is 202 g/mol. The first kappa shape index (κ1) is 15.3. The lowest BCUT2D eigenvalue weighted by atomic mass is 9.98. The zero-order chi connectivity index (χ0) is 11.7. The van der Waals surface area contributed by atoms with Crippen LogP contribution in [-0.2, 0) is 0 Å². The molecule has 15 heavy (non-hydrogen) atoms. The van der Waals surface area contributed by atoms with Crippen LogP contribution in [0, 0.1) is 5.92 Å². The van der Waals surface area contributed by atoms with E-state index in [4.69, 9.17) is 0 Å². The summed E-state index contributed by atoms with van der Waals surface area (Å²) in [5, 5.41) is 4.48. The summed E-state index contributed by atoms with van der Waals surface area (Å²) in [5.74, 6) is 0.862. The average Bonchev–Trinajstić information content (AvgIpc) is 2.26. The Morgan fingerprint density at radius 1 is 1.13 bits per heavy atom. The fourth-order valence-electron chi connectivity index (χ4n) is 1.66. The van der Waals surface area contributed by atoms with E-state index in [1.165, 1.54) is 32.2 Å². The van der Waals surface area contributed by atoms with E-state index >= 15 is 0 Å². The second-order valence-electron chi connectivity index (χ2n) is 4.64. The molecule has 0 spiro atoms. The van der Waals surface area contributed by atoms with Crippen LogP contribution in [0.25, 0.3) is 0 Å². The van der Waals surface area contributed by atoms with Gasteiger partial charge in [-0.05, 0) is 38.0 Å².